The molecule has 3 rings (SSSR count). The number of benzene rings is 1. The highest BCUT2D eigenvalue weighted by Gasteiger charge is 2.30. The van der Waals surface area contributed by atoms with Gasteiger partial charge in [-0.25, -0.2) is 4.98 Å². The van der Waals surface area contributed by atoms with Gasteiger partial charge in [-0.15, -0.1) is 0 Å². The standard InChI is InChI=1S/C19H24N2O/c1-15(2)21-13-7-11-18(21)17-10-6-12-20-19(17)22-14-16-8-4-3-5-9-16/h3-6,8-10,12,15,18H,7,11,13-14H2,1-2H3/t18-/m0/s1. The molecule has 1 aromatic heterocycles. The predicted octanol–water partition coefficient (Wildman–Crippen LogP) is 4.21. The summed E-state index contributed by atoms with van der Waals surface area (Å²) in [7, 11) is 0. The first-order valence-electron chi connectivity index (χ1n) is 8.13. The van der Waals surface area contributed by atoms with Gasteiger partial charge in [0.15, 0.2) is 0 Å². The first-order chi connectivity index (χ1) is 10.8. The second-order valence-electron chi connectivity index (χ2n) is 6.16. The first-order valence-corrected chi connectivity index (χ1v) is 8.13. The third-order valence-corrected chi connectivity index (χ3v) is 4.34. The van der Waals surface area contributed by atoms with Gasteiger partial charge in [-0.1, -0.05) is 36.4 Å². The Morgan fingerprint density at radius 1 is 1.18 bits per heavy atom. The molecular weight excluding hydrogens is 272 g/mol. The highest BCUT2D eigenvalue weighted by Crippen LogP contribution is 2.37. The molecule has 0 N–H and O–H groups in total. The van der Waals surface area contributed by atoms with E-state index >= 15 is 0 Å². The van der Waals surface area contributed by atoms with Crippen LogP contribution in [0.15, 0.2) is 48.7 Å². The van der Waals surface area contributed by atoms with Crippen molar-refractivity contribution in [3.05, 3.63) is 59.8 Å². The minimum Gasteiger partial charge on any atom is -0.473 e. The average molecular weight is 296 g/mol. The fourth-order valence-corrected chi connectivity index (χ4v) is 3.24. The van der Waals surface area contributed by atoms with Gasteiger partial charge in [0.05, 0.1) is 0 Å². The maximum atomic E-state index is 6.03. The number of pyridine rings is 1. The number of ether oxygens (including phenoxy) is 1. The summed E-state index contributed by atoms with van der Waals surface area (Å²) in [6.45, 7) is 6.26. The molecule has 1 aromatic carbocycles. The zero-order valence-corrected chi connectivity index (χ0v) is 13.4. The van der Waals surface area contributed by atoms with Crippen molar-refractivity contribution in [3.63, 3.8) is 0 Å². The normalized spacial score (nSPS) is 18.8. The molecule has 1 atom stereocenters. The quantitative estimate of drug-likeness (QED) is 0.826. The van der Waals surface area contributed by atoms with E-state index in [0.29, 0.717) is 18.7 Å². The lowest BCUT2D eigenvalue weighted by Crippen LogP contribution is -2.30. The van der Waals surface area contributed by atoms with E-state index in [-0.39, 0.29) is 0 Å². The minimum atomic E-state index is 0.430. The van der Waals surface area contributed by atoms with Gasteiger partial charge in [0.1, 0.15) is 6.61 Å². The van der Waals surface area contributed by atoms with Gasteiger partial charge in [-0.2, -0.15) is 0 Å². The van der Waals surface area contributed by atoms with Crippen LogP contribution in [0.5, 0.6) is 5.88 Å². The van der Waals surface area contributed by atoms with Crippen molar-refractivity contribution in [3.8, 4) is 5.88 Å². The van der Waals surface area contributed by atoms with Gasteiger partial charge in [0.2, 0.25) is 5.88 Å². The van der Waals surface area contributed by atoms with E-state index in [1.807, 2.05) is 30.5 Å². The Bertz CT molecular complexity index is 597. The summed E-state index contributed by atoms with van der Waals surface area (Å²) in [5.41, 5.74) is 2.40. The second kappa shape index (κ2) is 6.93. The number of rotatable bonds is 5. The summed E-state index contributed by atoms with van der Waals surface area (Å²) in [5.74, 6) is 0.781. The van der Waals surface area contributed by atoms with Crippen molar-refractivity contribution >= 4 is 0 Å². The fourth-order valence-electron chi connectivity index (χ4n) is 3.24. The van der Waals surface area contributed by atoms with Gasteiger partial charge < -0.3 is 4.74 Å². The Labute approximate surface area is 132 Å². The Hall–Kier alpha value is -1.87. The molecule has 1 fully saturated rings. The molecule has 1 aliphatic rings. The van der Waals surface area contributed by atoms with E-state index in [4.69, 9.17) is 4.74 Å². The average Bonchev–Trinajstić information content (AvgIpc) is 3.04. The van der Waals surface area contributed by atoms with Crippen LogP contribution in [0.4, 0.5) is 0 Å². The van der Waals surface area contributed by atoms with Crippen molar-refractivity contribution in [1.82, 2.24) is 9.88 Å². The number of aromatic nitrogens is 1. The summed E-state index contributed by atoms with van der Waals surface area (Å²) in [4.78, 5) is 7.03. The summed E-state index contributed by atoms with van der Waals surface area (Å²) >= 11 is 0. The van der Waals surface area contributed by atoms with Crippen LogP contribution >= 0.6 is 0 Å². The van der Waals surface area contributed by atoms with Crippen LogP contribution in [0.1, 0.15) is 43.9 Å². The predicted molar refractivity (Wildman–Crippen MR) is 88.8 cm³/mol. The van der Waals surface area contributed by atoms with Crippen molar-refractivity contribution < 1.29 is 4.74 Å². The van der Waals surface area contributed by atoms with Crippen molar-refractivity contribution in [1.29, 1.82) is 0 Å². The lowest BCUT2D eigenvalue weighted by Gasteiger charge is -2.29. The van der Waals surface area contributed by atoms with E-state index in [9.17, 15) is 0 Å². The lowest BCUT2D eigenvalue weighted by molar-refractivity contribution is 0.197. The largest absolute Gasteiger partial charge is 0.473 e. The van der Waals surface area contributed by atoms with Crippen LogP contribution in [0, 0.1) is 0 Å². The molecule has 0 amide bonds. The molecule has 2 heterocycles. The summed E-state index contributed by atoms with van der Waals surface area (Å²) < 4.78 is 6.03. The van der Waals surface area contributed by atoms with Gasteiger partial charge in [-0.3, -0.25) is 4.90 Å². The molecule has 0 bridgehead atoms. The Kier molecular flexibility index (Phi) is 4.74. The second-order valence-corrected chi connectivity index (χ2v) is 6.16. The molecule has 3 nitrogen and oxygen atoms in total. The Morgan fingerprint density at radius 3 is 2.77 bits per heavy atom. The van der Waals surface area contributed by atoms with Crippen molar-refractivity contribution in [2.75, 3.05) is 6.54 Å². The number of hydrogen-bond donors (Lipinski definition) is 0. The van der Waals surface area contributed by atoms with E-state index in [1.165, 1.54) is 24.0 Å². The molecule has 0 radical (unpaired) electrons. The molecule has 22 heavy (non-hydrogen) atoms. The Morgan fingerprint density at radius 2 is 2.00 bits per heavy atom. The van der Waals surface area contributed by atoms with Gasteiger partial charge in [-0.05, 0) is 44.9 Å². The maximum Gasteiger partial charge on any atom is 0.218 e. The van der Waals surface area contributed by atoms with Crippen LogP contribution < -0.4 is 4.74 Å². The lowest BCUT2D eigenvalue weighted by atomic mass is 10.1. The zero-order chi connectivity index (χ0) is 15.4. The van der Waals surface area contributed by atoms with Gasteiger partial charge >= 0.3 is 0 Å². The van der Waals surface area contributed by atoms with Crippen LogP contribution in [0.25, 0.3) is 0 Å². The maximum absolute atomic E-state index is 6.03. The summed E-state index contributed by atoms with van der Waals surface area (Å²) in [5, 5.41) is 0. The molecule has 1 aliphatic heterocycles. The fraction of sp³-hybridized carbons (Fsp3) is 0.421. The Balaban J connectivity index is 1.78. The van der Waals surface area contributed by atoms with Crippen LogP contribution in [0.2, 0.25) is 0 Å². The highest BCUT2D eigenvalue weighted by atomic mass is 16.5. The molecule has 1 saturated heterocycles. The summed E-state index contributed by atoms with van der Waals surface area (Å²) in [6.07, 6.45) is 4.25. The minimum absolute atomic E-state index is 0.430. The van der Waals surface area contributed by atoms with Crippen LogP contribution in [-0.4, -0.2) is 22.5 Å². The first kappa shape index (κ1) is 15.0. The number of nitrogens with zero attached hydrogens (tertiary/aromatic N) is 2. The summed E-state index contributed by atoms with van der Waals surface area (Å²) in [6, 6.07) is 15.4. The molecule has 2 aromatic rings. The topological polar surface area (TPSA) is 25.4 Å². The molecule has 116 valence electrons. The third kappa shape index (κ3) is 3.30. The van der Waals surface area contributed by atoms with E-state index < -0.39 is 0 Å². The molecule has 0 saturated carbocycles. The zero-order valence-electron chi connectivity index (χ0n) is 13.4. The van der Waals surface area contributed by atoms with Crippen LogP contribution in [0.3, 0.4) is 0 Å². The smallest absolute Gasteiger partial charge is 0.218 e. The van der Waals surface area contributed by atoms with E-state index in [0.717, 1.165) is 12.4 Å². The van der Waals surface area contributed by atoms with Crippen molar-refractivity contribution in [2.45, 2.75) is 45.4 Å². The molecule has 3 heteroatoms. The highest BCUT2D eigenvalue weighted by molar-refractivity contribution is 5.30. The molecule has 0 unspecified atom stereocenters. The monoisotopic (exact) mass is 296 g/mol. The van der Waals surface area contributed by atoms with Gasteiger partial charge in [0, 0.05) is 23.8 Å². The molecule has 0 spiro atoms. The number of hydrogen-bond acceptors (Lipinski definition) is 3. The molecular formula is C19H24N2O. The number of likely N-dealkylation sites (tertiary alicyclic amines) is 1. The molecule has 0 aliphatic carbocycles. The van der Waals surface area contributed by atoms with E-state index in [1.54, 1.807) is 0 Å². The van der Waals surface area contributed by atoms with Gasteiger partial charge in [0.25, 0.3) is 0 Å². The van der Waals surface area contributed by atoms with E-state index in [2.05, 4.69) is 41.9 Å². The van der Waals surface area contributed by atoms with Crippen LogP contribution in [-0.2, 0) is 6.61 Å². The SMILES string of the molecule is CC(C)N1CCC[C@H]1c1cccnc1OCc1ccccc1. The third-order valence-electron chi connectivity index (χ3n) is 4.34. The van der Waals surface area contributed by atoms with Crippen molar-refractivity contribution in [2.24, 2.45) is 0 Å².